The Morgan fingerprint density at radius 2 is 2.28 bits per heavy atom. The second-order valence-corrected chi connectivity index (χ2v) is 6.00. The van der Waals surface area contributed by atoms with Gasteiger partial charge in [-0.2, -0.15) is 0 Å². The van der Waals surface area contributed by atoms with Crippen molar-refractivity contribution in [3.63, 3.8) is 0 Å². The van der Waals surface area contributed by atoms with Crippen molar-refractivity contribution in [2.75, 3.05) is 6.61 Å². The van der Waals surface area contributed by atoms with Gasteiger partial charge in [-0.05, 0) is 44.4 Å². The highest BCUT2D eigenvalue weighted by Gasteiger charge is 2.38. The zero-order valence-electron chi connectivity index (χ0n) is 12.1. The van der Waals surface area contributed by atoms with E-state index in [4.69, 9.17) is 5.90 Å². The second-order valence-electron chi connectivity index (χ2n) is 6.00. The molecular weight excluding hydrogens is 226 g/mol. The van der Waals surface area contributed by atoms with Crippen LogP contribution >= 0.6 is 0 Å². The Morgan fingerprint density at radius 1 is 1.61 bits per heavy atom. The van der Waals surface area contributed by atoms with E-state index in [-0.39, 0.29) is 11.5 Å². The summed E-state index contributed by atoms with van der Waals surface area (Å²) >= 11 is 0. The molecule has 0 bridgehead atoms. The summed E-state index contributed by atoms with van der Waals surface area (Å²) in [5.41, 5.74) is 2.67. The van der Waals surface area contributed by atoms with E-state index in [1.807, 2.05) is 6.08 Å². The Bertz CT molecular complexity index is 331. The van der Waals surface area contributed by atoms with Crippen LogP contribution in [0.3, 0.4) is 0 Å². The molecule has 0 saturated carbocycles. The number of hydrogen-bond acceptors (Lipinski definition) is 3. The highest BCUT2D eigenvalue weighted by molar-refractivity contribution is 5.15. The molecular formula is C15H27NO2. The monoisotopic (exact) mass is 253 g/mol. The van der Waals surface area contributed by atoms with Crippen LogP contribution in [0.2, 0.25) is 0 Å². The number of aliphatic hydroxyl groups excluding tert-OH is 1. The minimum absolute atomic E-state index is 0.0382. The first-order valence-electron chi connectivity index (χ1n) is 6.71. The van der Waals surface area contributed by atoms with Gasteiger partial charge < -0.3 is 9.94 Å². The van der Waals surface area contributed by atoms with Crippen molar-refractivity contribution in [2.45, 2.75) is 53.1 Å². The van der Waals surface area contributed by atoms with E-state index in [2.05, 4.69) is 38.6 Å². The SMILES string of the molecule is CC1=CCC(O)C(C)(C)C1CC/C(C)=C/CON. The molecule has 104 valence electrons. The van der Waals surface area contributed by atoms with Crippen molar-refractivity contribution in [1.29, 1.82) is 0 Å². The number of nitrogens with two attached hydrogens (primary N) is 1. The van der Waals surface area contributed by atoms with Crippen LogP contribution in [0.15, 0.2) is 23.3 Å². The summed E-state index contributed by atoms with van der Waals surface area (Å²) in [7, 11) is 0. The van der Waals surface area contributed by atoms with Crippen LogP contribution in [0, 0.1) is 11.3 Å². The van der Waals surface area contributed by atoms with Gasteiger partial charge in [0.15, 0.2) is 0 Å². The van der Waals surface area contributed by atoms with Crippen LogP contribution in [0.5, 0.6) is 0 Å². The molecule has 2 atom stereocenters. The van der Waals surface area contributed by atoms with Crippen molar-refractivity contribution >= 4 is 0 Å². The third kappa shape index (κ3) is 3.67. The summed E-state index contributed by atoms with van der Waals surface area (Å²) in [5.74, 6) is 5.46. The lowest BCUT2D eigenvalue weighted by Gasteiger charge is -2.42. The van der Waals surface area contributed by atoms with Crippen molar-refractivity contribution in [3.05, 3.63) is 23.3 Å². The molecule has 3 heteroatoms. The number of rotatable bonds is 5. The normalized spacial score (nSPS) is 28.1. The van der Waals surface area contributed by atoms with Gasteiger partial charge in [0.1, 0.15) is 0 Å². The molecule has 3 nitrogen and oxygen atoms in total. The molecule has 0 heterocycles. The topological polar surface area (TPSA) is 55.5 Å². The number of hydrogen-bond donors (Lipinski definition) is 2. The summed E-state index contributed by atoms with van der Waals surface area (Å²) in [4.78, 5) is 4.56. The van der Waals surface area contributed by atoms with Crippen molar-refractivity contribution in [3.8, 4) is 0 Å². The van der Waals surface area contributed by atoms with Crippen LogP contribution in [-0.4, -0.2) is 17.8 Å². The Kier molecular flexibility index (Phi) is 5.57. The Balaban J connectivity index is 2.64. The zero-order chi connectivity index (χ0) is 13.8. The largest absolute Gasteiger partial charge is 0.392 e. The minimum atomic E-state index is -0.233. The Labute approximate surface area is 111 Å². The highest BCUT2D eigenvalue weighted by Crippen LogP contribution is 2.43. The molecule has 2 unspecified atom stereocenters. The molecule has 1 aliphatic rings. The Hall–Kier alpha value is -0.640. The van der Waals surface area contributed by atoms with Gasteiger partial charge in [0.05, 0.1) is 12.7 Å². The third-order valence-electron chi connectivity index (χ3n) is 4.33. The molecule has 0 aliphatic heterocycles. The van der Waals surface area contributed by atoms with Crippen LogP contribution in [0.25, 0.3) is 0 Å². The lowest BCUT2D eigenvalue weighted by atomic mass is 9.65. The first kappa shape index (κ1) is 15.4. The van der Waals surface area contributed by atoms with Crippen LogP contribution < -0.4 is 5.90 Å². The van der Waals surface area contributed by atoms with Gasteiger partial charge in [-0.3, -0.25) is 0 Å². The summed E-state index contributed by atoms with van der Waals surface area (Å²) < 4.78 is 0. The van der Waals surface area contributed by atoms with E-state index in [0.29, 0.717) is 12.5 Å². The maximum atomic E-state index is 10.1. The average Bonchev–Trinajstić information content (AvgIpc) is 2.31. The summed E-state index contributed by atoms with van der Waals surface area (Å²) in [6, 6.07) is 0. The molecule has 0 amide bonds. The predicted molar refractivity (Wildman–Crippen MR) is 74.8 cm³/mol. The fraction of sp³-hybridized carbons (Fsp3) is 0.733. The fourth-order valence-electron chi connectivity index (χ4n) is 2.83. The van der Waals surface area contributed by atoms with E-state index in [1.54, 1.807) is 0 Å². The van der Waals surface area contributed by atoms with Crippen LogP contribution in [0.1, 0.15) is 47.0 Å². The lowest BCUT2D eigenvalue weighted by Crippen LogP contribution is -2.39. The van der Waals surface area contributed by atoms with Gasteiger partial charge in [0, 0.05) is 0 Å². The molecule has 1 rings (SSSR count). The molecule has 0 aromatic carbocycles. The molecule has 1 aliphatic carbocycles. The second kappa shape index (κ2) is 6.50. The van der Waals surface area contributed by atoms with Crippen molar-refractivity contribution < 1.29 is 9.94 Å². The predicted octanol–water partition coefficient (Wildman–Crippen LogP) is 2.96. The summed E-state index contributed by atoms with van der Waals surface area (Å²) in [6.45, 7) is 9.09. The van der Waals surface area contributed by atoms with Gasteiger partial charge in [-0.1, -0.05) is 37.1 Å². The molecule has 0 saturated heterocycles. The lowest BCUT2D eigenvalue weighted by molar-refractivity contribution is 0.00848. The van der Waals surface area contributed by atoms with Crippen molar-refractivity contribution in [1.82, 2.24) is 0 Å². The summed E-state index contributed by atoms with van der Waals surface area (Å²) in [6.07, 6.45) is 6.84. The molecule has 0 aromatic heterocycles. The first-order chi connectivity index (χ1) is 8.39. The summed E-state index contributed by atoms with van der Waals surface area (Å²) in [5, 5.41) is 10.1. The van der Waals surface area contributed by atoms with Gasteiger partial charge in [0.2, 0.25) is 0 Å². The maximum Gasteiger partial charge on any atom is 0.0863 e. The maximum absolute atomic E-state index is 10.1. The molecule has 0 spiro atoms. The van der Waals surface area contributed by atoms with E-state index < -0.39 is 0 Å². The molecule has 0 radical (unpaired) electrons. The standard InChI is InChI=1S/C15H27NO2/c1-11(9-10-18-16)5-7-13-12(2)6-8-14(17)15(13,3)4/h6,9,13-14,17H,5,7-8,10,16H2,1-4H3/b11-9+. The van der Waals surface area contributed by atoms with E-state index in [9.17, 15) is 5.11 Å². The minimum Gasteiger partial charge on any atom is -0.392 e. The van der Waals surface area contributed by atoms with Crippen molar-refractivity contribution in [2.24, 2.45) is 17.2 Å². The van der Waals surface area contributed by atoms with Crippen LogP contribution in [-0.2, 0) is 4.84 Å². The fourth-order valence-corrected chi connectivity index (χ4v) is 2.83. The van der Waals surface area contributed by atoms with Crippen LogP contribution in [0.4, 0.5) is 0 Å². The highest BCUT2D eigenvalue weighted by atomic mass is 16.6. The Morgan fingerprint density at radius 3 is 2.89 bits per heavy atom. The molecule has 0 aromatic rings. The molecule has 0 fully saturated rings. The van der Waals surface area contributed by atoms with Gasteiger partial charge in [-0.15, -0.1) is 0 Å². The molecule has 3 N–H and O–H groups in total. The number of aliphatic hydroxyl groups is 1. The third-order valence-corrected chi connectivity index (χ3v) is 4.33. The van der Waals surface area contributed by atoms with Gasteiger partial charge >= 0.3 is 0 Å². The van der Waals surface area contributed by atoms with E-state index in [1.165, 1.54) is 11.1 Å². The zero-order valence-corrected chi connectivity index (χ0v) is 12.1. The van der Waals surface area contributed by atoms with E-state index >= 15 is 0 Å². The molecule has 18 heavy (non-hydrogen) atoms. The van der Waals surface area contributed by atoms with Gasteiger partial charge in [0.25, 0.3) is 0 Å². The van der Waals surface area contributed by atoms with E-state index in [0.717, 1.165) is 19.3 Å². The smallest absolute Gasteiger partial charge is 0.0863 e. The van der Waals surface area contributed by atoms with Gasteiger partial charge in [-0.25, -0.2) is 5.90 Å². The first-order valence-corrected chi connectivity index (χ1v) is 6.71. The number of allylic oxidation sites excluding steroid dienone is 2. The quantitative estimate of drug-likeness (QED) is 0.585. The average molecular weight is 253 g/mol.